The number of nitrogens with zero attached hydrogens (tertiary/aromatic N) is 4. The SMILES string of the molecule is CC(C)CSc1nc2c(c(=O)n(C)c(=O)n2C)n1Cc1ccccc1. The Balaban J connectivity index is 2.24. The lowest BCUT2D eigenvalue weighted by Gasteiger charge is -2.10. The number of thioether (sulfide) groups is 1. The van der Waals surface area contributed by atoms with Crippen molar-refractivity contribution in [1.82, 2.24) is 18.7 Å². The Hall–Kier alpha value is -2.28. The third-order valence-corrected chi connectivity index (χ3v) is 5.45. The van der Waals surface area contributed by atoms with Gasteiger partial charge in [0.05, 0.1) is 6.54 Å². The van der Waals surface area contributed by atoms with Gasteiger partial charge in [-0.1, -0.05) is 55.9 Å². The molecular weight excluding hydrogens is 336 g/mol. The molecular formula is C18H22N4O2S. The fourth-order valence-electron chi connectivity index (χ4n) is 2.69. The molecule has 0 aliphatic carbocycles. The van der Waals surface area contributed by atoms with Gasteiger partial charge in [-0.25, -0.2) is 9.78 Å². The van der Waals surface area contributed by atoms with Gasteiger partial charge in [-0.05, 0) is 11.5 Å². The van der Waals surface area contributed by atoms with Crippen molar-refractivity contribution < 1.29 is 0 Å². The van der Waals surface area contributed by atoms with Gasteiger partial charge in [-0.2, -0.15) is 0 Å². The number of benzene rings is 1. The third-order valence-electron chi connectivity index (χ3n) is 4.04. The van der Waals surface area contributed by atoms with Crippen LogP contribution < -0.4 is 11.2 Å². The van der Waals surface area contributed by atoms with E-state index in [9.17, 15) is 9.59 Å². The molecule has 0 aliphatic heterocycles. The van der Waals surface area contributed by atoms with Crippen molar-refractivity contribution in [3.05, 3.63) is 56.7 Å². The van der Waals surface area contributed by atoms with Crippen molar-refractivity contribution in [3.63, 3.8) is 0 Å². The lowest BCUT2D eigenvalue weighted by Crippen LogP contribution is -2.37. The summed E-state index contributed by atoms with van der Waals surface area (Å²) >= 11 is 1.62. The van der Waals surface area contributed by atoms with Gasteiger partial charge in [-0.3, -0.25) is 13.9 Å². The van der Waals surface area contributed by atoms with Crippen molar-refractivity contribution in [1.29, 1.82) is 0 Å². The molecule has 3 aromatic rings. The first-order chi connectivity index (χ1) is 11.9. The lowest BCUT2D eigenvalue weighted by molar-refractivity contribution is 0.695. The molecule has 0 atom stereocenters. The number of aromatic nitrogens is 4. The van der Waals surface area contributed by atoms with Gasteiger partial charge in [-0.15, -0.1) is 0 Å². The average Bonchev–Trinajstić information content (AvgIpc) is 2.95. The summed E-state index contributed by atoms with van der Waals surface area (Å²) in [6.07, 6.45) is 0. The standard InChI is InChI=1S/C18H22N4O2S/c1-12(2)11-25-17-19-15-14(16(23)21(4)18(24)20(15)3)22(17)10-13-8-6-5-7-9-13/h5-9,12H,10-11H2,1-4H3. The molecule has 7 heteroatoms. The van der Waals surface area contributed by atoms with Crippen molar-refractivity contribution in [3.8, 4) is 0 Å². The van der Waals surface area contributed by atoms with Gasteiger partial charge in [0.1, 0.15) is 0 Å². The van der Waals surface area contributed by atoms with E-state index in [1.54, 1.807) is 18.8 Å². The van der Waals surface area contributed by atoms with E-state index in [1.165, 1.54) is 11.6 Å². The number of aryl methyl sites for hydroxylation is 1. The van der Waals surface area contributed by atoms with Gasteiger partial charge >= 0.3 is 5.69 Å². The molecule has 25 heavy (non-hydrogen) atoms. The molecule has 3 rings (SSSR count). The van der Waals surface area contributed by atoms with E-state index in [4.69, 9.17) is 0 Å². The summed E-state index contributed by atoms with van der Waals surface area (Å²) in [4.78, 5) is 29.6. The monoisotopic (exact) mass is 358 g/mol. The molecule has 0 saturated carbocycles. The number of fused-ring (bicyclic) bond motifs is 1. The fourth-order valence-corrected chi connectivity index (χ4v) is 3.64. The maximum atomic E-state index is 12.7. The second-order valence-electron chi connectivity index (χ2n) is 6.55. The third kappa shape index (κ3) is 3.28. The zero-order valence-corrected chi connectivity index (χ0v) is 15.7. The van der Waals surface area contributed by atoms with Crippen LogP contribution in [-0.2, 0) is 20.6 Å². The molecule has 6 nitrogen and oxygen atoms in total. The summed E-state index contributed by atoms with van der Waals surface area (Å²) in [7, 11) is 3.16. The molecule has 0 radical (unpaired) electrons. The highest BCUT2D eigenvalue weighted by atomic mass is 32.2. The van der Waals surface area contributed by atoms with Gasteiger partial charge in [0, 0.05) is 19.8 Å². The first kappa shape index (κ1) is 17.5. The zero-order chi connectivity index (χ0) is 18.1. The summed E-state index contributed by atoms with van der Waals surface area (Å²) in [5.41, 5.74) is 1.33. The van der Waals surface area contributed by atoms with Crippen molar-refractivity contribution >= 4 is 22.9 Å². The van der Waals surface area contributed by atoms with Crippen LogP contribution in [0.1, 0.15) is 19.4 Å². The van der Waals surface area contributed by atoms with Crippen LogP contribution in [0, 0.1) is 5.92 Å². The number of imidazole rings is 1. The van der Waals surface area contributed by atoms with Gasteiger partial charge < -0.3 is 4.57 Å². The van der Waals surface area contributed by atoms with Crippen LogP contribution in [0.2, 0.25) is 0 Å². The van der Waals surface area contributed by atoms with E-state index in [1.807, 2.05) is 34.9 Å². The summed E-state index contributed by atoms with van der Waals surface area (Å²) in [6.45, 7) is 4.84. The van der Waals surface area contributed by atoms with E-state index < -0.39 is 0 Å². The zero-order valence-electron chi connectivity index (χ0n) is 14.9. The Bertz CT molecular complexity index is 1020. The molecule has 1 aromatic carbocycles. The van der Waals surface area contributed by atoms with Crippen LogP contribution in [-0.4, -0.2) is 24.4 Å². The molecule has 132 valence electrons. The molecule has 0 N–H and O–H groups in total. The first-order valence-corrected chi connectivity index (χ1v) is 9.21. The van der Waals surface area contributed by atoms with Gasteiger partial charge in [0.2, 0.25) is 0 Å². The predicted molar refractivity (Wildman–Crippen MR) is 101 cm³/mol. The van der Waals surface area contributed by atoms with Crippen LogP contribution in [0.25, 0.3) is 11.2 Å². The molecule has 2 aromatic heterocycles. The molecule has 0 amide bonds. The Labute approximate surface area is 150 Å². The highest BCUT2D eigenvalue weighted by Crippen LogP contribution is 2.24. The molecule has 0 saturated heterocycles. The van der Waals surface area contributed by atoms with Crippen LogP contribution >= 0.6 is 11.8 Å². The average molecular weight is 358 g/mol. The largest absolute Gasteiger partial charge is 0.332 e. The summed E-state index contributed by atoms with van der Waals surface area (Å²) in [6, 6.07) is 9.96. The molecule has 0 unspecified atom stereocenters. The Morgan fingerprint density at radius 2 is 1.76 bits per heavy atom. The van der Waals surface area contributed by atoms with Crippen LogP contribution in [0.5, 0.6) is 0 Å². The Morgan fingerprint density at radius 1 is 1.08 bits per heavy atom. The van der Waals surface area contributed by atoms with Crippen LogP contribution in [0.3, 0.4) is 0 Å². The Morgan fingerprint density at radius 3 is 2.40 bits per heavy atom. The first-order valence-electron chi connectivity index (χ1n) is 8.23. The molecule has 0 aliphatic rings. The molecule has 0 fully saturated rings. The minimum atomic E-state index is -0.359. The fraction of sp³-hybridized carbons (Fsp3) is 0.389. The van der Waals surface area contributed by atoms with Crippen molar-refractivity contribution in [2.24, 2.45) is 20.0 Å². The quantitative estimate of drug-likeness (QED) is 0.656. The van der Waals surface area contributed by atoms with E-state index in [2.05, 4.69) is 18.8 Å². The van der Waals surface area contributed by atoms with E-state index in [0.29, 0.717) is 23.6 Å². The smallest absolute Gasteiger partial charge is 0.309 e. The minimum Gasteiger partial charge on any atom is -0.309 e. The van der Waals surface area contributed by atoms with Gasteiger partial charge in [0.25, 0.3) is 5.56 Å². The maximum absolute atomic E-state index is 12.7. The number of rotatable bonds is 5. The van der Waals surface area contributed by atoms with Crippen LogP contribution in [0.4, 0.5) is 0 Å². The van der Waals surface area contributed by atoms with Gasteiger partial charge in [0.15, 0.2) is 16.3 Å². The highest BCUT2D eigenvalue weighted by Gasteiger charge is 2.19. The van der Waals surface area contributed by atoms with E-state index >= 15 is 0 Å². The number of hydrogen-bond donors (Lipinski definition) is 0. The topological polar surface area (TPSA) is 61.8 Å². The number of hydrogen-bond acceptors (Lipinski definition) is 4. The molecule has 2 heterocycles. The van der Waals surface area contributed by atoms with Crippen molar-refractivity contribution in [2.75, 3.05) is 5.75 Å². The lowest BCUT2D eigenvalue weighted by atomic mass is 10.2. The molecule has 0 bridgehead atoms. The maximum Gasteiger partial charge on any atom is 0.332 e. The summed E-state index contributed by atoms with van der Waals surface area (Å²) in [5.74, 6) is 1.40. The second-order valence-corrected chi connectivity index (χ2v) is 7.54. The molecule has 0 spiro atoms. The Kier molecular flexibility index (Phi) is 4.85. The highest BCUT2D eigenvalue weighted by molar-refractivity contribution is 7.99. The predicted octanol–water partition coefficient (Wildman–Crippen LogP) is 2.23. The van der Waals surface area contributed by atoms with Crippen molar-refractivity contribution in [2.45, 2.75) is 25.5 Å². The summed E-state index contributed by atoms with van der Waals surface area (Å²) in [5, 5.41) is 0.769. The van der Waals surface area contributed by atoms with E-state index in [-0.39, 0.29) is 11.2 Å². The van der Waals surface area contributed by atoms with E-state index in [0.717, 1.165) is 21.0 Å². The normalized spacial score (nSPS) is 11.6. The minimum absolute atomic E-state index is 0.307. The summed E-state index contributed by atoms with van der Waals surface area (Å²) < 4.78 is 4.51. The second kappa shape index (κ2) is 6.92. The van der Waals surface area contributed by atoms with Crippen LogP contribution in [0.15, 0.2) is 45.1 Å².